The van der Waals surface area contributed by atoms with E-state index in [2.05, 4.69) is 29.4 Å². The Morgan fingerprint density at radius 3 is 2.50 bits per heavy atom. The van der Waals surface area contributed by atoms with Gasteiger partial charge in [-0.3, -0.25) is 19.0 Å². The first-order chi connectivity index (χ1) is 14.4. The van der Waals surface area contributed by atoms with Crippen LogP contribution < -0.4 is 5.32 Å². The Bertz CT molecular complexity index is 1060. The number of nitrogens with zero attached hydrogens (tertiary/aromatic N) is 5. The van der Waals surface area contributed by atoms with E-state index in [9.17, 15) is 9.59 Å². The highest BCUT2D eigenvalue weighted by Crippen LogP contribution is 2.21. The molecule has 8 heteroatoms. The fourth-order valence-corrected chi connectivity index (χ4v) is 3.97. The molecule has 0 atom stereocenters. The van der Waals surface area contributed by atoms with E-state index in [1.54, 1.807) is 24.3 Å². The van der Waals surface area contributed by atoms with Crippen molar-refractivity contribution in [2.45, 2.75) is 52.6 Å². The molecule has 1 N–H and O–H groups in total. The molecular formula is C22H28N6O2. The number of aryl methyl sites for hydroxylation is 2. The van der Waals surface area contributed by atoms with Gasteiger partial charge < -0.3 is 10.2 Å². The van der Waals surface area contributed by atoms with Gasteiger partial charge in [-0.05, 0) is 57.9 Å². The van der Waals surface area contributed by atoms with E-state index in [4.69, 9.17) is 0 Å². The SMILES string of the molecule is Cc1nn(C(C)C)c2cnn(CCC(=O)Nc3ccc(C(=O)N4CCCC4)cc3)c12. The van der Waals surface area contributed by atoms with Crippen molar-refractivity contribution in [3.63, 3.8) is 0 Å². The van der Waals surface area contributed by atoms with Crippen LogP contribution in [-0.4, -0.2) is 49.4 Å². The highest BCUT2D eigenvalue weighted by atomic mass is 16.2. The average molecular weight is 409 g/mol. The number of hydrogen-bond acceptors (Lipinski definition) is 4. The van der Waals surface area contributed by atoms with Gasteiger partial charge in [-0.2, -0.15) is 10.2 Å². The van der Waals surface area contributed by atoms with Crippen LogP contribution in [-0.2, 0) is 11.3 Å². The zero-order valence-electron chi connectivity index (χ0n) is 17.8. The molecule has 0 spiro atoms. The van der Waals surface area contributed by atoms with E-state index >= 15 is 0 Å². The van der Waals surface area contributed by atoms with E-state index in [0.29, 0.717) is 24.2 Å². The summed E-state index contributed by atoms with van der Waals surface area (Å²) in [5.41, 5.74) is 4.22. The monoisotopic (exact) mass is 408 g/mol. The topological polar surface area (TPSA) is 85.0 Å². The number of aromatic nitrogens is 4. The maximum Gasteiger partial charge on any atom is 0.253 e. The van der Waals surface area contributed by atoms with Gasteiger partial charge in [0.1, 0.15) is 11.0 Å². The van der Waals surface area contributed by atoms with Crippen LogP contribution in [0.25, 0.3) is 11.0 Å². The highest BCUT2D eigenvalue weighted by Gasteiger charge is 2.19. The number of amides is 2. The molecule has 2 aromatic heterocycles. The fraction of sp³-hybridized carbons (Fsp3) is 0.455. The van der Waals surface area contributed by atoms with Gasteiger partial charge in [-0.1, -0.05) is 0 Å². The standard InChI is InChI=1S/C22H28N6O2/c1-15(2)28-19-14-23-27(21(19)16(3)25-28)13-10-20(29)24-18-8-6-17(7-9-18)22(30)26-11-4-5-12-26/h6-9,14-15H,4-5,10-13H2,1-3H3,(H,24,29). The Morgan fingerprint density at radius 2 is 1.83 bits per heavy atom. The number of nitrogens with one attached hydrogen (secondary N) is 1. The normalized spacial score (nSPS) is 14.1. The summed E-state index contributed by atoms with van der Waals surface area (Å²) in [6.07, 6.45) is 4.25. The van der Waals surface area contributed by atoms with Crippen molar-refractivity contribution < 1.29 is 9.59 Å². The molecule has 3 aromatic rings. The Kier molecular flexibility index (Phi) is 5.57. The van der Waals surface area contributed by atoms with Gasteiger partial charge in [-0.25, -0.2) is 0 Å². The summed E-state index contributed by atoms with van der Waals surface area (Å²) in [4.78, 5) is 26.7. The fourth-order valence-electron chi connectivity index (χ4n) is 3.97. The summed E-state index contributed by atoms with van der Waals surface area (Å²) >= 11 is 0. The van der Waals surface area contributed by atoms with E-state index < -0.39 is 0 Å². The summed E-state index contributed by atoms with van der Waals surface area (Å²) in [6, 6.07) is 7.37. The Hall–Kier alpha value is -3.16. The molecule has 8 nitrogen and oxygen atoms in total. The summed E-state index contributed by atoms with van der Waals surface area (Å²) in [7, 11) is 0. The molecule has 4 rings (SSSR count). The second-order valence-corrected chi connectivity index (χ2v) is 8.10. The molecule has 0 bridgehead atoms. The van der Waals surface area contributed by atoms with Crippen molar-refractivity contribution in [3.8, 4) is 0 Å². The molecule has 1 aliphatic rings. The average Bonchev–Trinajstić information content (AvgIpc) is 3.45. The lowest BCUT2D eigenvalue weighted by Gasteiger charge is -2.15. The van der Waals surface area contributed by atoms with Crippen molar-refractivity contribution in [3.05, 3.63) is 41.7 Å². The van der Waals surface area contributed by atoms with Gasteiger partial charge in [0, 0.05) is 36.8 Å². The van der Waals surface area contributed by atoms with Gasteiger partial charge in [0.05, 0.1) is 18.4 Å². The number of hydrogen-bond donors (Lipinski definition) is 1. The number of rotatable bonds is 6. The minimum Gasteiger partial charge on any atom is -0.339 e. The number of likely N-dealkylation sites (tertiary alicyclic amines) is 1. The first-order valence-electron chi connectivity index (χ1n) is 10.5. The highest BCUT2D eigenvalue weighted by molar-refractivity contribution is 5.96. The van der Waals surface area contributed by atoms with Crippen LogP contribution in [0.5, 0.6) is 0 Å². The lowest BCUT2D eigenvalue weighted by Crippen LogP contribution is -2.27. The predicted molar refractivity (Wildman–Crippen MR) is 115 cm³/mol. The number of carbonyl (C=O) groups excluding carboxylic acids is 2. The Morgan fingerprint density at radius 1 is 1.13 bits per heavy atom. The molecule has 0 radical (unpaired) electrons. The number of carbonyl (C=O) groups is 2. The van der Waals surface area contributed by atoms with E-state index in [1.807, 2.05) is 27.4 Å². The van der Waals surface area contributed by atoms with Crippen molar-refractivity contribution >= 4 is 28.5 Å². The molecule has 0 aliphatic carbocycles. The van der Waals surface area contributed by atoms with Crippen molar-refractivity contribution in [2.75, 3.05) is 18.4 Å². The van der Waals surface area contributed by atoms with Crippen molar-refractivity contribution in [2.24, 2.45) is 0 Å². The first-order valence-corrected chi connectivity index (χ1v) is 10.5. The van der Waals surface area contributed by atoms with Crippen LogP contribution in [0.2, 0.25) is 0 Å². The molecule has 2 amide bonds. The van der Waals surface area contributed by atoms with E-state index in [0.717, 1.165) is 42.7 Å². The third kappa shape index (κ3) is 3.94. The molecule has 0 saturated carbocycles. The van der Waals surface area contributed by atoms with Crippen molar-refractivity contribution in [1.29, 1.82) is 0 Å². The van der Waals surface area contributed by atoms with Crippen LogP contribution in [0, 0.1) is 6.92 Å². The van der Waals surface area contributed by atoms with Gasteiger partial charge in [0.15, 0.2) is 0 Å². The van der Waals surface area contributed by atoms with E-state index in [1.165, 1.54) is 0 Å². The molecule has 1 saturated heterocycles. The molecular weight excluding hydrogens is 380 g/mol. The second-order valence-electron chi connectivity index (χ2n) is 8.10. The molecule has 1 fully saturated rings. The van der Waals surface area contributed by atoms with Crippen LogP contribution in [0.1, 0.15) is 55.2 Å². The maximum absolute atomic E-state index is 12.4. The first kappa shape index (κ1) is 20.1. The summed E-state index contributed by atoms with van der Waals surface area (Å²) in [5.74, 6) is -0.0310. The van der Waals surface area contributed by atoms with Crippen molar-refractivity contribution in [1.82, 2.24) is 24.5 Å². The molecule has 1 aliphatic heterocycles. The van der Waals surface area contributed by atoms with Gasteiger partial charge >= 0.3 is 0 Å². The summed E-state index contributed by atoms with van der Waals surface area (Å²) in [5, 5.41) is 11.9. The second kappa shape index (κ2) is 8.30. The van der Waals surface area contributed by atoms with E-state index in [-0.39, 0.29) is 17.9 Å². The predicted octanol–water partition coefficient (Wildman–Crippen LogP) is 3.39. The zero-order chi connectivity index (χ0) is 21.3. The third-order valence-electron chi connectivity index (χ3n) is 5.52. The lowest BCUT2D eigenvalue weighted by molar-refractivity contribution is -0.116. The van der Waals surface area contributed by atoms with Crippen LogP contribution in [0.15, 0.2) is 30.5 Å². The molecule has 0 unspecified atom stereocenters. The quantitative estimate of drug-likeness (QED) is 0.678. The largest absolute Gasteiger partial charge is 0.339 e. The summed E-state index contributed by atoms with van der Waals surface area (Å²) in [6.45, 7) is 8.26. The Balaban J connectivity index is 1.36. The van der Waals surface area contributed by atoms with Crippen LogP contribution in [0.3, 0.4) is 0 Å². The number of fused-ring (bicyclic) bond motifs is 1. The smallest absolute Gasteiger partial charge is 0.253 e. The van der Waals surface area contributed by atoms with Crippen LogP contribution >= 0.6 is 0 Å². The summed E-state index contributed by atoms with van der Waals surface area (Å²) < 4.78 is 3.80. The lowest BCUT2D eigenvalue weighted by atomic mass is 10.2. The van der Waals surface area contributed by atoms with Gasteiger partial charge in [-0.15, -0.1) is 0 Å². The third-order valence-corrected chi connectivity index (χ3v) is 5.52. The maximum atomic E-state index is 12.4. The molecule has 158 valence electrons. The zero-order valence-corrected chi connectivity index (χ0v) is 17.8. The van der Waals surface area contributed by atoms with Crippen LogP contribution in [0.4, 0.5) is 5.69 Å². The molecule has 3 heterocycles. The van der Waals surface area contributed by atoms with Gasteiger partial charge in [0.2, 0.25) is 5.91 Å². The van der Waals surface area contributed by atoms with Gasteiger partial charge in [0.25, 0.3) is 5.91 Å². The molecule has 30 heavy (non-hydrogen) atoms. The number of benzene rings is 1. The minimum absolute atomic E-state index is 0.0605. The Labute approximate surface area is 175 Å². The minimum atomic E-state index is -0.0915. The molecule has 1 aromatic carbocycles. The number of anilines is 1.